The fourth-order valence-electron chi connectivity index (χ4n) is 5.70. The third kappa shape index (κ3) is 3.97. The van der Waals surface area contributed by atoms with Gasteiger partial charge in [0.2, 0.25) is 0 Å². The average molecular weight is 518 g/mol. The molecule has 2 aliphatic rings. The Morgan fingerprint density at radius 3 is 2.71 bits per heavy atom. The highest BCUT2D eigenvalue weighted by atomic mass is 19.1. The van der Waals surface area contributed by atoms with Gasteiger partial charge in [-0.3, -0.25) is 14.4 Å². The van der Waals surface area contributed by atoms with E-state index in [4.69, 9.17) is 0 Å². The number of aromatic amines is 1. The van der Waals surface area contributed by atoms with Crippen LogP contribution in [0, 0.1) is 23.0 Å². The summed E-state index contributed by atoms with van der Waals surface area (Å²) in [5.74, 6) is -1.98. The lowest BCUT2D eigenvalue weighted by molar-refractivity contribution is -0.0412. The number of fused-ring (bicyclic) bond motifs is 1. The Morgan fingerprint density at radius 2 is 1.97 bits per heavy atom. The van der Waals surface area contributed by atoms with Crippen molar-refractivity contribution in [3.05, 3.63) is 66.3 Å². The Hall–Kier alpha value is -4.30. The third-order valence-corrected chi connectivity index (χ3v) is 7.76. The van der Waals surface area contributed by atoms with Crippen molar-refractivity contribution in [2.45, 2.75) is 30.8 Å². The number of phenolic OH excluding ortho intramolecular Hbond substituents is 1. The van der Waals surface area contributed by atoms with Crippen LogP contribution in [0.25, 0.3) is 22.2 Å². The van der Waals surface area contributed by atoms with Crippen molar-refractivity contribution in [1.82, 2.24) is 29.5 Å². The topological polar surface area (TPSA) is 114 Å². The van der Waals surface area contributed by atoms with E-state index in [-0.39, 0.29) is 23.9 Å². The van der Waals surface area contributed by atoms with Gasteiger partial charge in [0.05, 0.1) is 24.9 Å². The molecule has 38 heavy (non-hydrogen) atoms. The number of hydrogen-bond acceptors (Lipinski definition) is 6. The molecule has 4 aromatic rings. The molecule has 1 aromatic carbocycles. The largest absolute Gasteiger partial charge is 0.505 e. The summed E-state index contributed by atoms with van der Waals surface area (Å²) in [6.07, 6.45) is 8.12. The highest BCUT2D eigenvalue weighted by Crippen LogP contribution is 2.38. The minimum atomic E-state index is -0.814. The molecule has 0 spiro atoms. The minimum Gasteiger partial charge on any atom is -0.505 e. The molecule has 3 aromatic heterocycles. The van der Waals surface area contributed by atoms with Crippen LogP contribution in [0.1, 0.15) is 29.6 Å². The van der Waals surface area contributed by atoms with E-state index in [2.05, 4.69) is 26.0 Å². The molecule has 0 aliphatic carbocycles. The van der Waals surface area contributed by atoms with Crippen molar-refractivity contribution in [3.8, 4) is 22.9 Å². The molecule has 194 valence electrons. The number of carbonyl (C=O) groups is 1. The number of amides is 1. The fourth-order valence-corrected chi connectivity index (χ4v) is 5.70. The van der Waals surface area contributed by atoms with Crippen LogP contribution in [0.5, 0.6) is 5.75 Å². The van der Waals surface area contributed by atoms with Gasteiger partial charge in [0.1, 0.15) is 17.0 Å². The van der Waals surface area contributed by atoms with Crippen molar-refractivity contribution in [2.75, 3.05) is 26.2 Å². The van der Waals surface area contributed by atoms with Gasteiger partial charge in [-0.25, -0.2) is 13.8 Å². The van der Waals surface area contributed by atoms with E-state index in [9.17, 15) is 23.9 Å². The van der Waals surface area contributed by atoms with Crippen LogP contribution in [0.15, 0.2) is 49.1 Å². The van der Waals surface area contributed by atoms with Crippen LogP contribution in [0.2, 0.25) is 0 Å². The average Bonchev–Trinajstić information content (AvgIpc) is 3.58. The lowest BCUT2D eigenvalue weighted by Gasteiger charge is -2.53. The van der Waals surface area contributed by atoms with Crippen molar-refractivity contribution in [2.24, 2.45) is 0 Å². The van der Waals surface area contributed by atoms with E-state index in [1.807, 2.05) is 0 Å². The van der Waals surface area contributed by atoms with E-state index in [0.717, 1.165) is 18.9 Å². The molecule has 0 atom stereocenters. The van der Waals surface area contributed by atoms with Crippen LogP contribution in [-0.2, 0) is 5.54 Å². The van der Waals surface area contributed by atoms with E-state index < -0.39 is 22.9 Å². The zero-order valence-corrected chi connectivity index (χ0v) is 20.4. The Kier molecular flexibility index (Phi) is 5.84. The molecule has 5 heterocycles. The zero-order valence-electron chi connectivity index (χ0n) is 20.4. The molecule has 0 unspecified atom stereocenters. The third-order valence-electron chi connectivity index (χ3n) is 7.76. The highest BCUT2D eigenvalue weighted by molar-refractivity contribution is 5.94. The van der Waals surface area contributed by atoms with Crippen LogP contribution in [0.4, 0.5) is 8.78 Å². The number of hydrogen-bond donors (Lipinski definition) is 2. The smallest absolute Gasteiger partial charge is 0.253 e. The van der Waals surface area contributed by atoms with Gasteiger partial charge in [-0.2, -0.15) is 10.4 Å². The first-order chi connectivity index (χ1) is 18.4. The maximum Gasteiger partial charge on any atom is 0.253 e. The second-order valence-electron chi connectivity index (χ2n) is 10.0. The summed E-state index contributed by atoms with van der Waals surface area (Å²) in [5, 5.41) is 24.2. The number of rotatable bonds is 5. The van der Waals surface area contributed by atoms with Gasteiger partial charge in [0, 0.05) is 66.7 Å². The molecular formula is C27H25F2N7O2. The normalized spacial score (nSPS) is 17.9. The van der Waals surface area contributed by atoms with Crippen LogP contribution in [-0.4, -0.2) is 72.8 Å². The van der Waals surface area contributed by atoms with Gasteiger partial charge in [-0.1, -0.05) is 0 Å². The SMILES string of the molecule is N#CCC1(n2cc(-c3c(F)cnc4[nH]ccc34)cn2)CN(C2CCN(C(=O)c3ccc(O)c(F)c3)CC2)C1. The van der Waals surface area contributed by atoms with E-state index in [1.54, 1.807) is 34.2 Å². The number of aromatic nitrogens is 4. The second kappa shape index (κ2) is 9.22. The van der Waals surface area contributed by atoms with Crippen molar-refractivity contribution >= 4 is 16.9 Å². The molecule has 0 saturated carbocycles. The number of phenols is 1. The molecule has 0 radical (unpaired) electrons. The summed E-state index contributed by atoms with van der Waals surface area (Å²) < 4.78 is 30.2. The van der Waals surface area contributed by atoms with Crippen LogP contribution in [0.3, 0.4) is 0 Å². The fraction of sp³-hybridized carbons (Fsp3) is 0.333. The van der Waals surface area contributed by atoms with E-state index >= 15 is 0 Å². The number of pyridine rings is 1. The second-order valence-corrected chi connectivity index (χ2v) is 10.0. The molecule has 2 N–H and O–H groups in total. The first-order valence-electron chi connectivity index (χ1n) is 12.4. The predicted molar refractivity (Wildman–Crippen MR) is 134 cm³/mol. The van der Waals surface area contributed by atoms with E-state index in [1.165, 1.54) is 18.3 Å². The molecule has 1 amide bonds. The molecular weight excluding hydrogens is 492 g/mol. The minimum absolute atomic E-state index is 0.216. The van der Waals surface area contributed by atoms with Crippen LogP contribution >= 0.6 is 0 Å². The molecule has 11 heteroatoms. The maximum absolute atomic E-state index is 14.7. The number of aromatic hydroxyl groups is 1. The highest BCUT2D eigenvalue weighted by Gasteiger charge is 2.48. The molecule has 2 saturated heterocycles. The number of H-pyrrole nitrogens is 1. The van der Waals surface area contributed by atoms with Gasteiger partial charge in [-0.05, 0) is 37.1 Å². The standard InChI is InChI=1S/C27H25F2N7O2/c28-21-11-17(1-2-23(21)37)26(38)34-9-4-19(5-10-34)35-15-27(16-35,6-7-30)36-14-18(12-33-36)24-20-3-8-31-25(20)32-13-22(24)29/h1-3,8,11-14,19,37H,4-6,9-10,15-16H2,(H,31,32). The van der Waals surface area contributed by atoms with Gasteiger partial charge in [0.25, 0.3) is 5.91 Å². The first kappa shape index (κ1) is 24.1. The predicted octanol–water partition coefficient (Wildman–Crippen LogP) is 3.64. The number of nitrogens with zero attached hydrogens (tertiary/aromatic N) is 6. The van der Waals surface area contributed by atoms with Crippen molar-refractivity contribution in [1.29, 1.82) is 5.26 Å². The molecule has 9 nitrogen and oxygen atoms in total. The summed E-state index contributed by atoms with van der Waals surface area (Å²) >= 11 is 0. The number of nitrogens with one attached hydrogen (secondary N) is 1. The number of halogens is 2. The Bertz CT molecular complexity index is 1560. The Morgan fingerprint density at radius 1 is 1.18 bits per heavy atom. The number of carbonyl (C=O) groups excluding carboxylic acids is 1. The summed E-state index contributed by atoms with van der Waals surface area (Å²) in [4.78, 5) is 23.9. The molecule has 2 aliphatic heterocycles. The summed E-state index contributed by atoms with van der Waals surface area (Å²) in [6, 6.07) is 7.99. The van der Waals surface area contributed by atoms with Crippen LogP contribution < -0.4 is 0 Å². The number of likely N-dealkylation sites (tertiary alicyclic amines) is 2. The van der Waals surface area contributed by atoms with E-state index in [0.29, 0.717) is 48.3 Å². The van der Waals surface area contributed by atoms with Gasteiger partial charge in [0.15, 0.2) is 11.6 Å². The maximum atomic E-state index is 14.7. The summed E-state index contributed by atoms with van der Waals surface area (Å²) in [6.45, 7) is 2.32. The van der Waals surface area contributed by atoms with Crippen molar-refractivity contribution < 1.29 is 18.7 Å². The molecule has 0 bridgehead atoms. The Balaban J connectivity index is 1.13. The molecule has 6 rings (SSSR count). The molecule has 2 fully saturated rings. The van der Waals surface area contributed by atoms with Gasteiger partial charge < -0.3 is 15.0 Å². The Labute approximate surface area is 216 Å². The monoisotopic (exact) mass is 517 g/mol. The first-order valence-corrected chi connectivity index (χ1v) is 12.4. The number of benzene rings is 1. The lowest BCUT2D eigenvalue weighted by Crippen LogP contribution is -2.66. The quantitative estimate of drug-likeness (QED) is 0.418. The van der Waals surface area contributed by atoms with Crippen molar-refractivity contribution in [3.63, 3.8) is 0 Å². The number of nitriles is 1. The van der Waals surface area contributed by atoms with Gasteiger partial charge >= 0.3 is 0 Å². The lowest BCUT2D eigenvalue weighted by atomic mass is 9.83. The summed E-state index contributed by atoms with van der Waals surface area (Å²) in [5.41, 5.74) is 1.35. The summed E-state index contributed by atoms with van der Waals surface area (Å²) in [7, 11) is 0. The zero-order chi connectivity index (χ0) is 26.4. The number of piperidine rings is 1. The van der Waals surface area contributed by atoms with Gasteiger partial charge in [-0.15, -0.1) is 0 Å².